The minimum atomic E-state index is -0.00169. The monoisotopic (exact) mass is 323 g/mol. The van der Waals surface area contributed by atoms with Crippen LogP contribution in [0.3, 0.4) is 0 Å². The van der Waals surface area contributed by atoms with Crippen molar-refractivity contribution in [1.82, 2.24) is 4.90 Å². The molecule has 2 rings (SSSR count). The Balaban J connectivity index is 1.81. The maximum absolute atomic E-state index is 12.1. The third kappa shape index (κ3) is 4.07. The first-order chi connectivity index (χ1) is 9.20. The first-order valence-corrected chi connectivity index (χ1v) is 8.09. The van der Waals surface area contributed by atoms with Gasteiger partial charge in [0.25, 0.3) is 0 Å². The van der Waals surface area contributed by atoms with Crippen molar-refractivity contribution in [2.45, 2.75) is 37.4 Å². The van der Waals surface area contributed by atoms with Gasteiger partial charge in [-0.15, -0.1) is 0 Å². The number of halogens is 1. The molecule has 0 saturated carbocycles. The summed E-state index contributed by atoms with van der Waals surface area (Å²) < 4.78 is 0. The number of likely N-dealkylation sites (tertiary alicyclic amines) is 1. The van der Waals surface area contributed by atoms with Crippen molar-refractivity contribution >= 4 is 21.8 Å². The highest BCUT2D eigenvalue weighted by Gasteiger charge is 2.25. The van der Waals surface area contributed by atoms with Crippen LogP contribution in [0.4, 0.5) is 0 Å². The Hall–Kier alpha value is -0.830. The maximum atomic E-state index is 12.1. The zero-order valence-electron chi connectivity index (χ0n) is 11.5. The molecule has 1 heterocycles. The van der Waals surface area contributed by atoms with E-state index in [1.54, 1.807) is 0 Å². The van der Waals surface area contributed by atoms with Crippen molar-refractivity contribution in [1.29, 1.82) is 0 Å². The van der Waals surface area contributed by atoms with Crippen molar-refractivity contribution in [2.24, 2.45) is 5.92 Å². The van der Waals surface area contributed by atoms with Crippen LogP contribution in [0.1, 0.15) is 31.7 Å². The van der Waals surface area contributed by atoms with Gasteiger partial charge in [-0.3, -0.25) is 4.79 Å². The molecule has 0 bridgehead atoms. The van der Waals surface area contributed by atoms with E-state index in [1.807, 2.05) is 11.8 Å². The molecule has 3 heteroatoms. The zero-order valence-corrected chi connectivity index (χ0v) is 13.1. The Morgan fingerprint density at radius 2 is 1.95 bits per heavy atom. The van der Waals surface area contributed by atoms with Crippen molar-refractivity contribution in [3.05, 3.63) is 35.9 Å². The Bertz CT molecular complexity index is 398. The molecule has 1 aliphatic rings. The number of amides is 1. The summed E-state index contributed by atoms with van der Waals surface area (Å²) in [4.78, 5) is 14.1. The molecular weight excluding hydrogens is 302 g/mol. The van der Waals surface area contributed by atoms with Crippen LogP contribution in [-0.2, 0) is 11.2 Å². The first kappa shape index (κ1) is 14.6. The molecule has 0 unspecified atom stereocenters. The van der Waals surface area contributed by atoms with Gasteiger partial charge in [0, 0.05) is 13.1 Å². The highest BCUT2D eigenvalue weighted by Crippen LogP contribution is 2.23. The minimum absolute atomic E-state index is 0.00169. The lowest BCUT2D eigenvalue weighted by Gasteiger charge is -2.33. The van der Waals surface area contributed by atoms with Gasteiger partial charge in [-0.25, -0.2) is 0 Å². The Labute approximate surface area is 124 Å². The fourth-order valence-electron chi connectivity index (χ4n) is 2.68. The first-order valence-electron chi connectivity index (χ1n) is 7.17. The van der Waals surface area contributed by atoms with Gasteiger partial charge in [0.1, 0.15) is 0 Å². The molecule has 0 aliphatic carbocycles. The van der Waals surface area contributed by atoms with Crippen LogP contribution >= 0.6 is 15.9 Å². The lowest BCUT2D eigenvalue weighted by molar-refractivity contribution is -0.131. The molecule has 1 fully saturated rings. The second kappa shape index (κ2) is 7.09. The number of hydrogen-bond donors (Lipinski definition) is 0. The lowest BCUT2D eigenvalue weighted by Crippen LogP contribution is -2.42. The topological polar surface area (TPSA) is 20.3 Å². The third-order valence-corrected chi connectivity index (χ3v) is 4.96. The summed E-state index contributed by atoms with van der Waals surface area (Å²) >= 11 is 3.46. The molecule has 0 radical (unpaired) electrons. The Morgan fingerprint density at radius 1 is 1.32 bits per heavy atom. The number of hydrogen-bond acceptors (Lipinski definition) is 1. The number of carbonyl (C=O) groups is 1. The molecule has 0 N–H and O–H groups in total. The lowest BCUT2D eigenvalue weighted by atomic mass is 9.90. The van der Waals surface area contributed by atoms with Crippen LogP contribution in [0, 0.1) is 5.92 Å². The highest BCUT2D eigenvalue weighted by atomic mass is 79.9. The van der Waals surface area contributed by atoms with Gasteiger partial charge < -0.3 is 4.90 Å². The summed E-state index contributed by atoms with van der Waals surface area (Å²) in [7, 11) is 0. The van der Waals surface area contributed by atoms with Crippen LogP contribution in [-0.4, -0.2) is 28.7 Å². The van der Waals surface area contributed by atoms with E-state index in [2.05, 4.69) is 46.3 Å². The summed E-state index contributed by atoms with van der Waals surface area (Å²) in [6.07, 6.45) is 4.27. The third-order valence-electron chi connectivity index (χ3n) is 3.92. The van der Waals surface area contributed by atoms with Crippen molar-refractivity contribution < 1.29 is 4.79 Å². The van der Waals surface area contributed by atoms with E-state index < -0.39 is 0 Å². The van der Waals surface area contributed by atoms with Crippen LogP contribution in [0.5, 0.6) is 0 Å². The van der Waals surface area contributed by atoms with E-state index in [4.69, 9.17) is 0 Å². The van der Waals surface area contributed by atoms with Gasteiger partial charge in [0.05, 0.1) is 4.83 Å². The molecule has 1 amide bonds. The largest absolute Gasteiger partial charge is 0.342 e. The molecular formula is C16H22BrNO. The predicted octanol–water partition coefficient (Wildman–Crippen LogP) is 3.64. The van der Waals surface area contributed by atoms with Crippen LogP contribution in [0.25, 0.3) is 0 Å². The fraction of sp³-hybridized carbons (Fsp3) is 0.562. The van der Waals surface area contributed by atoms with Crippen molar-refractivity contribution in [2.75, 3.05) is 13.1 Å². The Morgan fingerprint density at radius 3 is 2.53 bits per heavy atom. The van der Waals surface area contributed by atoms with E-state index in [0.29, 0.717) is 0 Å². The van der Waals surface area contributed by atoms with Gasteiger partial charge in [0.15, 0.2) is 0 Å². The fourth-order valence-corrected chi connectivity index (χ4v) is 2.97. The summed E-state index contributed by atoms with van der Waals surface area (Å²) in [6.45, 7) is 3.87. The molecule has 1 saturated heterocycles. The molecule has 19 heavy (non-hydrogen) atoms. The number of benzene rings is 1. The van der Waals surface area contributed by atoms with Crippen LogP contribution < -0.4 is 0 Å². The second-order valence-electron chi connectivity index (χ2n) is 5.33. The van der Waals surface area contributed by atoms with E-state index >= 15 is 0 Å². The number of piperidine rings is 1. The highest BCUT2D eigenvalue weighted by molar-refractivity contribution is 9.10. The second-order valence-corrected chi connectivity index (χ2v) is 6.44. The van der Waals surface area contributed by atoms with Gasteiger partial charge in [-0.05, 0) is 37.2 Å². The summed E-state index contributed by atoms with van der Waals surface area (Å²) in [5.74, 6) is 0.988. The average molecular weight is 324 g/mol. The molecule has 1 atom stereocenters. The normalized spacial score (nSPS) is 18.3. The molecule has 104 valence electrons. The molecule has 0 aromatic heterocycles. The van der Waals surface area contributed by atoms with Gasteiger partial charge in [0.2, 0.25) is 5.91 Å². The van der Waals surface area contributed by atoms with Gasteiger partial charge >= 0.3 is 0 Å². The van der Waals surface area contributed by atoms with E-state index in [9.17, 15) is 4.79 Å². The van der Waals surface area contributed by atoms with Crippen molar-refractivity contribution in [3.63, 3.8) is 0 Å². The predicted molar refractivity (Wildman–Crippen MR) is 82.5 cm³/mol. The van der Waals surface area contributed by atoms with Gasteiger partial charge in [-0.1, -0.05) is 53.2 Å². The Kier molecular flexibility index (Phi) is 5.44. The molecule has 1 aromatic carbocycles. The maximum Gasteiger partial charge on any atom is 0.236 e. The number of alkyl halides is 1. The van der Waals surface area contributed by atoms with Crippen LogP contribution in [0.15, 0.2) is 30.3 Å². The molecule has 1 aliphatic heterocycles. The number of rotatable bonds is 4. The minimum Gasteiger partial charge on any atom is -0.342 e. The quantitative estimate of drug-likeness (QED) is 0.775. The zero-order chi connectivity index (χ0) is 13.7. The number of carbonyl (C=O) groups excluding carboxylic acids is 1. The summed E-state index contributed by atoms with van der Waals surface area (Å²) in [6, 6.07) is 10.7. The smallest absolute Gasteiger partial charge is 0.236 e. The molecule has 0 spiro atoms. The van der Waals surface area contributed by atoms with Crippen LogP contribution in [0.2, 0.25) is 0 Å². The summed E-state index contributed by atoms with van der Waals surface area (Å²) in [5.41, 5.74) is 1.42. The van der Waals surface area contributed by atoms with E-state index in [-0.39, 0.29) is 10.7 Å². The molecule has 2 nitrogen and oxygen atoms in total. The van der Waals surface area contributed by atoms with Crippen molar-refractivity contribution in [3.8, 4) is 0 Å². The summed E-state index contributed by atoms with van der Waals surface area (Å²) in [5, 5.41) is 0. The van der Waals surface area contributed by atoms with E-state index in [0.717, 1.165) is 44.7 Å². The molecule has 1 aromatic rings. The van der Waals surface area contributed by atoms with Gasteiger partial charge in [-0.2, -0.15) is 0 Å². The average Bonchev–Trinajstić information content (AvgIpc) is 2.47. The SMILES string of the molecule is CC[C@@H](Br)C(=O)N1CCC(Cc2ccccc2)CC1. The van der Waals surface area contributed by atoms with E-state index in [1.165, 1.54) is 5.56 Å². The number of nitrogens with zero attached hydrogens (tertiary/aromatic N) is 1. The standard InChI is InChI=1S/C16H22BrNO/c1-2-15(17)16(19)18-10-8-14(9-11-18)12-13-6-4-3-5-7-13/h3-7,14-15H,2,8-12H2,1H3/t15-/m1/s1.